The maximum Gasteiger partial charge on any atom is 0.322 e. The number of piperidine rings is 1. The molecule has 1 fully saturated rings. The standard InChI is InChI=1S/C16H25N3O2/c1-11(2)13-7-5-6-9-19(13)16(21)17-14-12(3)8-10-18(4)15(14)20/h8,10-11,13H,5-7,9H2,1-4H3,(H,17,21)/t13-/m1/s1. The van der Waals surface area contributed by atoms with Crippen molar-refractivity contribution in [3.63, 3.8) is 0 Å². The van der Waals surface area contributed by atoms with Crippen LogP contribution in [0.25, 0.3) is 0 Å². The number of aryl methyl sites for hydroxylation is 2. The Hall–Kier alpha value is -1.78. The topological polar surface area (TPSA) is 54.3 Å². The highest BCUT2D eigenvalue weighted by Gasteiger charge is 2.29. The quantitative estimate of drug-likeness (QED) is 0.911. The predicted molar refractivity (Wildman–Crippen MR) is 84.6 cm³/mol. The molecule has 5 nitrogen and oxygen atoms in total. The molecule has 1 aliphatic rings. The number of pyridine rings is 1. The van der Waals surface area contributed by atoms with Crippen molar-refractivity contribution < 1.29 is 4.79 Å². The van der Waals surface area contributed by atoms with Crippen LogP contribution in [0.5, 0.6) is 0 Å². The van der Waals surface area contributed by atoms with Gasteiger partial charge in [-0.1, -0.05) is 13.8 Å². The van der Waals surface area contributed by atoms with Crippen molar-refractivity contribution in [3.05, 3.63) is 28.2 Å². The highest BCUT2D eigenvalue weighted by molar-refractivity contribution is 5.90. The van der Waals surface area contributed by atoms with Gasteiger partial charge in [-0.3, -0.25) is 4.79 Å². The molecular weight excluding hydrogens is 266 g/mol. The van der Waals surface area contributed by atoms with Crippen LogP contribution in [0, 0.1) is 12.8 Å². The molecule has 2 amide bonds. The molecule has 1 aromatic heterocycles. The molecule has 1 aliphatic heterocycles. The molecule has 1 N–H and O–H groups in total. The minimum absolute atomic E-state index is 0.153. The van der Waals surface area contributed by atoms with Crippen molar-refractivity contribution in [2.45, 2.75) is 46.1 Å². The number of carbonyl (C=O) groups is 1. The van der Waals surface area contributed by atoms with E-state index in [1.807, 2.05) is 17.9 Å². The second-order valence-electron chi connectivity index (χ2n) is 6.22. The van der Waals surface area contributed by atoms with Gasteiger partial charge in [0.25, 0.3) is 5.56 Å². The average molecular weight is 291 g/mol. The number of likely N-dealkylation sites (tertiary alicyclic amines) is 1. The van der Waals surface area contributed by atoms with Crippen molar-refractivity contribution in [1.29, 1.82) is 0 Å². The Kier molecular flexibility index (Phi) is 4.70. The summed E-state index contributed by atoms with van der Waals surface area (Å²) in [5.41, 5.74) is 1.02. The lowest BCUT2D eigenvalue weighted by Crippen LogP contribution is -2.48. The third kappa shape index (κ3) is 3.28. The minimum atomic E-state index is -0.165. The van der Waals surface area contributed by atoms with Crippen LogP contribution in [0.4, 0.5) is 10.5 Å². The van der Waals surface area contributed by atoms with Crippen molar-refractivity contribution in [2.24, 2.45) is 13.0 Å². The molecule has 2 rings (SSSR count). The first-order valence-electron chi connectivity index (χ1n) is 7.65. The summed E-state index contributed by atoms with van der Waals surface area (Å²) < 4.78 is 1.48. The molecule has 0 aliphatic carbocycles. The molecule has 21 heavy (non-hydrogen) atoms. The summed E-state index contributed by atoms with van der Waals surface area (Å²) in [7, 11) is 1.69. The zero-order valence-corrected chi connectivity index (χ0v) is 13.3. The smallest absolute Gasteiger partial charge is 0.321 e. The van der Waals surface area contributed by atoms with Gasteiger partial charge in [0.1, 0.15) is 5.69 Å². The molecular formula is C16H25N3O2. The number of amides is 2. The fourth-order valence-electron chi connectivity index (χ4n) is 2.95. The van der Waals surface area contributed by atoms with Crippen molar-refractivity contribution >= 4 is 11.7 Å². The van der Waals surface area contributed by atoms with E-state index in [2.05, 4.69) is 19.2 Å². The second-order valence-corrected chi connectivity index (χ2v) is 6.22. The zero-order valence-electron chi connectivity index (χ0n) is 13.3. The Morgan fingerprint density at radius 3 is 2.76 bits per heavy atom. The molecule has 116 valence electrons. The lowest BCUT2D eigenvalue weighted by atomic mass is 9.93. The molecule has 1 atom stereocenters. The number of urea groups is 1. The number of hydrogen-bond acceptors (Lipinski definition) is 2. The van der Waals surface area contributed by atoms with Crippen molar-refractivity contribution in [2.75, 3.05) is 11.9 Å². The summed E-state index contributed by atoms with van der Waals surface area (Å²) >= 11 is 0. The molecule has 0 spiro atoms. The summed E-state index contributed by atoms with van der Waals surface area (Å²) in [4.78, 5) is 26.6. The molecule has 5 heteroatoms. The maximum atomic E-state index is 12.6. The van der Waals surface area contributed by atoms with Gasteiger partial charge in [-0.2, -0.15) is 0 Å². The molecule has 0 unspecified atom stereocenters. The number of aromatic nitrogens is 1. The van der Waals surface area contributed by atoms with Crippen LogP contribution in [0.2, 0.25) is 0 Å². The Bertz CT molecular complexity index is 577. The van der Waals surface area contributed by atoms with Gasteiger partial charge in [-0.25, -0.2) is 4.79 Å². The van der Waals surface area contributed by atoms with Crippen molar-refractivity contribution in [1.82, 2.24) is 9.47 Å². The van der Waals surface area contributed by atoms with E-state index in [9.17, 15) is 9.59 Å². The monoisotopic (exact) mass is 291 g/mol. The average Bonchev–Trinajstić information content (AvgIpc) is 2.47. The van der Waals surface area contributed by atoms with Crippen LogP contribution in [0.1, 0.15) is 38.7 Å². The third-order valence-corrected chi connectivity index (χ3v) is 4.29. The molecule has 0 bridgehead atoms. The molecule has 1 aromatic rings. The highest BCUT2D eigenvalue weighted by atomic mass is 16.2. The van der Waals surface area contributed by atoms with Crippen LogP contribution in [-0.2, 0) is 7.05 Å². The van der Waals surface area contributed by atoms with E-state index < -0.39 is 0 Å². The third-order valence-electron chi connectivity index (χ3n) is 4.29. The lowest BCUT2D eigenvalue weighted by molar-refractivity contribution is 0.138. The van der Waals surface area contributed by atoms with E-state index >= 15 is 0 Å². The lowest BCUT2D eigenvalue weighted by Gasteiger charge is -2.38. The summed E-state index contributed by atoms with van der Waals surface area (Å²) in [5.74, 6) is 0.427. The Morgan fingerprint density at radius 2 is 2.10 bits per heavy atom. The van der Waals surface area contributed by atoms with E-state index in [0.29, 0.717) is 11.6 Å². The fraction of sp³-hybridized carbons (Fsp3) is 0.625. The first kappa shape index (κ1) is 15.6. The number of anilines is 1. The Balaban J connectivity index is 2.21. The van der Waals surface area contributed by atoms with Gasteiger partial charge >= 0.3 is 6.03 Å². The van der Waals surface area contributed by atoms with Gasteiger partial charge in [-0.15, -0.1) is 0 Å². The van der Waals surface area contributed by atoms with Gasteiger partial charge in [0.2, 0.25) is 0 Å². The number of hydrogen-bond donors (Lipinski definition) is 1. The van der Waals surface area contributed by atoms with Gasteiger partial charge in [0.15, 0.2) is 0 Å². The summed E-state index contributed by atoms with van der Waals surface area (Å²) in [6.45, 7) is 6.89. The molecule has 2 heterocycles. The first-order chi connectivity index (χ1) is 9.91. The van der Waals surface area contributed by atoms with Crippen molar-refractivity contribution in [3.8, 4) is 0 Å². The van der Waals surface area contributed by atoms with Crippen LogP contribution in [-0.4, -0.2) is 28.1 Å². The van der Waals surface area contributed by atoms with Crippen LogP contribution in [0.15, 0.2) is 17.1 Å². The first-order valence-corrected chi connectivity index (χ1v) is 7.65. The number of nitrogens with one attached hydrogen (secondary N) is 1. The van der Waals surface area contributed by atoms with Crippen LogP contribution in [0.3, 0.4) is 0 Å². The number of carbonyl (C=O) groups excluding carboxylic acids is 1. The normalized spacial score (nSPS) is 18.9. The fourth-order valence-corrected chi connectivity index (χ4v) is 2.95. The van der Waals surface area contributed by atoms with E-state index in [0.717, 1.165) is 24.9 Å². The van der Waals surface area contributed by atoms with Gasteiger partial charge < -0.3 is 14.8 Å². The second kappa shape index (κ2) is 6.33. The SMILES string of the molecule is Cc1ccn(C)c(=O)c1NC(=O)N1CCCC[C@@H]1C(C)C. The van der Waals surface area contributed by atoms with E-state index in [1.165, 1.54) is 11.0 Å². The number of nitrogens with zero attached hydrogens (tertiary/aromatic N) is 2. The molecule has 0 saturated carbocycles. The predicted octanol–water partition coefficient (Wildman–Crippen LogP) is 2.74. The Labute approximate surface area is 126 Å². The van der Waals surface area contributed by atoms with E-state index in [1.54, 1.807) is 13.2 Å². The minimum Gasteiger partial charge on any atom is -0.321 e. The van der Waals surface area contributed by atoms with Crippen LogP contribution >= 0.6 is 0 Å². The largest absolute Gasteiger partial charge is 0.322 e. The van der Waals surface area contributed by atoms with Crippen LogP contribution < -0.4 is 10.9 Å². The van der Waals surface area contributed by atoms with Gasteiger partial charge in [-0.05, 0) is 43.7 Å². The van der Waals surface area contributed by atoms with Gasteiger partial charge in [0, 0.05) is 25.8 Å². The molecule has 1 saturated heterocycles. The van der Waals surface area contributed by atoms with E-state index in [-0.39, 0.29) is 17.6 Å². The highest BCUT2D eigenvalue weighted by Crippen LogP contribution is 2.24. The summed E-state index contributed by atoms with van der Waals surface area (Å²) in [6, 6.07) is 1.94. The Morgan fingerprint density at radius 1 is 1.38 bits per heavy atom. The molecule has 0 aromatic carbocycles. The summed E-state index contributed by atoms with van der Waals surface area (Å²) in [5, 5.41) is 2.83. The maximum absolute atomic E-state index is 12.6. The summed E-state index contributed by atoms with van der Waals surface area (Å²) in [6.07, 6.45) is 4.95. The molecule has 0 radical (unpaired) electrons. The zero-order chi connectivity index (χ0) is 15.6. The van der Waals surface area contributed by atoms with Gasteiger partial charge in [0.05, 0.1) is 0 Å². The van der Waals surface area contributed by atoms with E-state index in [4.69, 9.17) is 0 Å². The number of rotatable bonds is 2.